The Balaban J connectivity index is 1.27. The first kappa shape index (κ1) is 46.5. The van der Waals surface area contributed by atoms with E-state index in [1.54, 1.807) is 54.6 Å². The van der Waals surface area contributed by atoms with Crippen LogP contribution in [-0.2, 0) is 40.6 Å². The second-order valence-electron chi connectivity index (χ2n) is 17.5. The summed E-state index contributed by atoms with van der Waals surface area (Å²) in [4.78, 5) is 66.6. The minimum Gasteiger partial charge on any atom is -0.508 e. The van der Waals surface area contributed by atoms with E-state index in [0.717, 1.165) is 16.0 Å². The molecule has 3 aliphatic heterocycles. The van der Waals surface area contributed by atoms with Gasteiger partial charge < -0.3 is 29.7 Å². The number of imide groups is 1. The van der Waals surface area contributed by atoms with Crippen molar-refractivity contribution >= 4 is 29.6 Å². The molecule has 7 atom stereocenters. The number of amides is 3. The number of hydrogen-bond donors (Lipinski definition) is 3. The quantitative estimate of drug-likeness (QED) is 0.0613. The molecule has 0 bridgehead atoms. The number of morpholine rings is 1. The number of anilines is 1. The van der Waals surface area contributed by atoms with Crippen LogP contribution in [0.2, 0.25) is 0 Å². The first-order valence-electron chi connectivity index (χ1n) is 22.9. The number of aliphatic hydroxyl groups is 1. The molecule has 3 heterocycles. The van der Waals surface area contributed by atoms with Crippen LogP contribution < -0.4 is 10.2 Å². The number of aromatic hydroxyl groups is 1. The number of rotatable bonds is 13. The molecule has 3 amide bonds. The number of carbonyl (C=O) groups is 4. The van der Waals surface area contributed by atoms with E-state index in [1.165, 1.54) is 19.2 Å². The van der Waals surface area contributed by atoms with Crippen molar-refractivity contribution in [3.8, 4) is 17.6 Å². The average Bonchev–Trinajstić information content (AvgIpc) is 3.83. The fraction of sp³-hybridized carbons (Fsp3) is 0.250. The topological polar surface area (TPSA) is 158 Å². The van der Waals surface area contributed by atoms with Gasteiger partial charge in [-0.15, -0.1) is 0 Å². The number of benzene rings is 6. The monoisotopic (exact) mass is 924 g/mol. The number of hydrogen-bond acceptors (Lipinski definition) is 11. The number of nitrogens with zero attached hydrogens (tertiary/aromatic N) is 3. The van der Waals surface area contributed by atoms with Gasteiger partial charge in [0.15, 0.2) is 0 Å². The molecule has 13 nitrogen and oxygen atoms in total. The fourth-order valence-electron chi connectivity index (χ4n) is 10.2. The minimum atomic E-state index is -2.08. The van der Waals surface area contributed by atoms with Gasteiger partial charge >= 0.3 is 12.1 Å². The summed E-state index contributed by atoms with van der Waals surface area (Å²) in [5.41, 5.74) is 2.33. The predicted molar refractivity (Wildman–Crippen MR) is 257 cm³/mol. The minimum absolute atomic E-state index is 0.0469. The maximum absolute atomic E-state index is 16.3. The van der Waals surface area contributed by atoms with E-state index in [4.69, 9.17) is 14.2 Å². The normalized spacial score (nSPS) is 22.0. The van der Waals surface area contributed by atoms with Crippen molar-refractivity contribution in [3.63, 3.8) is 0 Å². The molecule has 69 heavy (non-hydrogen) atoms. The largest absolute Gasteiger partial charge is 0.508 e. The van der Waals surface area contributed by atoms with E-state index >= 15 is 14.4 Å². The molecule has 13 heteroatoms. The number of phenolic OH excluding ortho intramolecular Hbond substituents is 1. The Bertz CT molecular complexity index is 2860. The molecule has 0 unspecified atom stereocenters. The van der Waals surface area contributed by atoms with E-state index in [1.807, 2.05) is 109 Å². The first-order valence-corrected chi connectivity index (χ1v) is 22.9. The lowest BCUT2D eigenvalue weighted by atomic mass is 9.65. The van der Waals surface area contributed by atoms with Crippen LogP contribution >= 0.6 is 0 Å². The van der Waals surface area contributed by atoms with Gasteiger partial charge in [-0.2, -0.15) is 0 Å². The maximum atomic E-state index is 16.3. The van der Waals surface area contributed by atoms with Crippen LogP contribution in [0.4, 0.5) is 10.5 Å². The number of esters is 1. The van der Waals surface area contributed by atoms with E-state index in [-0.39, 0.29) is 36.8 Å². The smallest absolute Gasteiger partial charge is 0.421 e. The molecule has 0 aromatic heterocycles. The van der Waals surface area contributed by atoms with Crippen molar-refractivity contribution in [2.24, 2.45) is 5.92 Å². The van der Waals surface area contributed by atoms with Crippen LogP contribution in [0.5, 0.6) is 5.75 Å². The summed E-state index contributed by atoms with van der Waals surface area (Å²) < 4.78 is 17.4. The average molecular weight is 925 g/mol. The van der Waals surface area contributed by atoms with Crippen molar-refractivity contribution in [1.82, 2.24) is 15.1 Å². The van der Waals surface area contributed by atoms with Crippen molar-refractivity contribution in [2.75, 3.05) is 45.4 Å². The van der Waals surface area contributed by atoms with Crippen molar-refractivity contribution in [2.45, 2.75) is 42.3 Å². The number of aliphatic hydroxyl groups excluding tert-OH is 1. The Morgan fingerprint density at radius 2 is 1.43 bits per heavy atom. The maximum Gasteiger partial charge on any atom is 0.421 e. The Labute approximate surface area is 400 Å². The van der Waals surface area contributed by atoms with Crippen molar-refractivity contribution in [3.05, 3.63) is 203 Å². The van der Waals surface area contributed by atoms with Crippen LogP contribution in [0.1, 0.15) is 63.2 Å². The zero-order chi connectivity index (χ0) is 48.1. The predicted octanol–water partition coefficient (Wildman–Crippen LogP) is 7.17. The van der Waals surface area contributed by atoms with Crippen LogP contribution in [0.15, 0.2) is 164 Å². The summed E-state index contributed by atoms with van der Waals surface area (Å²) in [5, 5.41) is 25.1. The van der Waals surface area contributed by atoms with Gasteiger partial charge in [0, 0.05) is 25.8 Å². The molecule has 2 fully saturated rings. The molecule has 3 N–H and O–H groups in total. The number of cyclic esters (lactones) is 1. The number of fused-ring (bicyclic) bond motifs is 3. The lowest BCUT2D eigenvalue weighted by Gasteiger charge is -2.46. The summed E-state index contributed by atoms with van der Waals surface area (Å²) in [5.74, 6) is 2.55. The standard InChI is InChI=1S/C56H52N4O9/c1-58(36-38-16-7-3-8-17-38)31-15-18-37-25-30-45-44(34-37)56(54(65)59(45)55(66)68-33-32-67-2)47(52(63)57-35-46(62)39-19-9-4-10-20-39)49-53(64)69-50(41-23-13-6-14-24-41)48(40-21-11-5-12-22-40)60(49)51(56)42-26-28-43(61)29-27-42/h3-14,16-17,19-30,34,46-51,61-62H,31-33,35-36H2,1-2H3,(H,57,63)/t46-,47+,48+,49+,50-,51-,56+/m0/s1. The van der Waals surface area contributed by atoms with Gasteiger partial charge in [-0.25, -0.2) is 9.69 Å². The highest BCUT2D eigenvalue weighted by Crippen LogP contribution is 2.66. The summed E-state index contributed by atoms with van der Waals surface area (Å²) >= 11 is 0. The van der Waals surface area contributed by atoms with Crippen molar-refractivity contribution in [1.29, 1.82) is 0 Å². The van der Waals surface area contributed by atoms with Crippen molar-refractivity contribution < 1.29 is 43.6 Å². The Morgan fingerprint density at radius 3 is 2.10 bits per heavy atom. The first-order chi connectivity index (χ1) is 33.6. The highest BCUT2D eigenvalue weighted by Gasteiger charge is 2.75. The third kappa shape index (κ3) is 8.99. The van der Waals surface area contributed by atoms with Crippen LogP contribution in [0, 0.1) is 17.8 Å². The molecule has 6 aromatic carbocycles. The van der Waals surface area contributed by atoms with E-state index in [2.05, 4.69) is 22.1 Å². The fourth-order valence-corrected chi connectivity index (χ4v) is 10.2. The van der Waals surface area contributed by atoms with Crippen LogP contribution in [0.3, 0.4) is 0 Å². The third-order valence-electron chi connectivity index (χ3n) is 13.2. The molecule has 350 valence electrons. The summed E-state index contributed by atoms with van der Waals surface area (Å²) in [7, 11) is 3.42. The molecule has 3 aliphatic rings. The molecular formula is C56H52N4O9. The summed E-state index contributed by atoms with van der Waals surface area (Å²) in [6.45, 7) is 0.634. The molecule has 1 spiro atoms. The number of ether oxygens (including phenoxy) is 3. The van der Waals surface area contributed by atoms with Gasteiger partial charge in [0.25, 0.3) is 0 Å². The Morgan fingerprint density at radius 1 is 0.797 bits per heavy atom. The zero-order valence-electron chi connectivity index (χ0n) is 38.2. The Hall–Kier alpha value is -7.60. The SMILES string of the molecule is COCCOC(=O)N1C(=O)[C@@]2(c3cc(C#CCN(C)Cc4ccccc4)ccc31)[C@H](c1ccc(O)cc1)N1[C@H](c3ccccc3)[C@H](c3ccccc3)OC(=O)[C@H]1[C@@H]2C(=O)NC[C@H](O)c1ccccc1. The van der Waals surface area contributed by atoms with E-state index in [0.29, 0.717) is 35.3 Å². The molecule has 0 aliphatic carbocycles. The number of methoxy groups -OCH3 is 1. The second-order valence-corrected chi connectivity index (χ2v) is 17.5. The Kier molecular flexibility index (Phi) is 13.7. The molecule has 0 saturated carbocycles. The third-order valence-corrected chi connectivity index (χ3v) is 13.2. The van der Waals surface area contributed by atoms with Crippen LogP contribution in [-0.4, -0.2) is 90.4 Å². The van der Waals surface area contributed by atoms with Gasteiger partial charge in [-0.3, -0.25) is 24.2 Å². The number of phenols is 1. The molecule has 0 radical (unpaired) electrons. The lowest BCUT2D eigenvalue weighted by molar-refractivity contribution is -0.178. The zero-order valence-corrected chi connectivity index (χ0v) is 38.2. The molecule has 2 saturated heterocycles. The highest BCUT2D eigenvalue weighted by molar-refractivity contribution is 6.23. The van der Waals surface area contributed by atoms with E-state index < -0.39 is 65.5 Å². The highest BCUT2D eigenvalue weighted by atomic mass is 16.6. The van der Waals surface area contributed by atoms with Gasteiger partial charge in [0.1, 0.15) is 29.9 Å². The molecule has 6 aromatic rings. The summed E-state index contributed by atoms with van der Waals surface area (Å²) in [6, 6.07) is 45.4. The van der Waals surface area contributed by atoms with E-state index in [9.17, 15) is 15.0 Å². The second kappa shape index (κ2) is 20.3. The van der Waals surface area contributed by atoms with Gasteiger partial charge in [-0.1, -0.05) is 145 Å². The van der Waals surface area contributed by atoms with Gasteiger partial charge in [-0.05, 0) is 70.8 Å². The molecule has 9 rings (SSSR count). The lowest BCUT2D eigenvalue weighted by Crippen LogP contribution is -2.56. The van der Waals surface area contributed by atoms with Crippen LogP contribution in [0.25, 0.3) is 0 Å². The number of nitrogens with one attached hydrogen (secondary N) is 1. The number of carbonyl (C=O) groups excluding carboxylic acids is 4. The van der Waals surface area contributed by atoms with Gasteiger partial charge in [0.2, 0.25) is 11.8 Å². The molecular weight excluding hydrogens is 873 g/mol. The summed E-state index contributed by atoms with van der Waals surface area (Å²) in [6.07, 6.45) is -3.10. The van der Waals surface area contributed by atoms with Gasteiger partial charge in [0.05, 0.1) is 42.9 Å².